The van der Waals surface area contributed by atoms with Crippen molar-refractivity contribution in [3.8, 4) is 5.75 Å². The number of ether oxygens (including phenoxy) is 2. The van der Waals surface area contributed by atoms with Crippen LogP contribution in [0.4, 0.5) is 8.78 Å². The molecule has 2 aromatic rings. The molecule has 0 aromatic heterocycles. The molecule has 0 N–H and O–H groups in total. The third-order valence-corrected chi connectivity index (χ3v) is 6.69. The average molecular weight is 459 g/mol. The quantitative estimate of drug-likeness (QED) is 0.672. The molecule has 5 nitrogen and oxygen atoms in total. The van der Waals surface area contributed by atoms with Crippen LogP contribution < -0.4 is 4.74 Å². The van der Waals surface area contributed by atoms with Crippen LogP contribution in [0.15, 0.2) is 42.5 Å². The summed E-state index contributed by atoms with van der Waals surface area (Å²) in [6.45, 7) is 2.66. The SMILES string of the molecule is CO[C@@H]1CCCN2C(=O)c3ccccc3OCCN(Cc3cc(F)ccc3F)CCCC[C@H]12. The highest BCUT2D eigenvalue weighted by atomic mass is 19.1. The molecule has 2 aromatic carbocycles. The van der Waals surface area contributed by atoms with Crippen molar-refractivity contribution in [3.63, 3.8) is 0 Å². The standard InChI is InChI=1S/C26H32F2N2O3/c1-32-25-10-6-14-30-23(25)8-4-5-13-29(18-19-17-20(27)11-12-22(19)28)15-16-33-24-9-3-2-7-21(24)26(30)31/h2-3,7,9,11-12,17,23,25H,4-6,8,10,13-16,18H2,1H3/t23-,25-/m1/s1. The summed E-state index contributed by atoms with van der Waals surface area (Å²) in [5.41, 5.74) is 0.897. The van der Waals surface area contributed by atoms with E-state index < -0.39 is 11.6 Å². The van der Waals surface area contributed by atoms with Crippen LogP contribution in [0.1, 0.15) is 48.0 Å². The van der Waals surface area contributed by atoms with Crippen molar-refractivity contribution in [3.05, 3.63) is 65.2 Å². The largest absolute Gasteiger partial charge is 0.491 e. The van der Waals surface area contributed by atoms with Crippen molar-refractivity contribution in [2.24, 2.45) is 0 Å². The maximum absolute atomic E-state index is 14.3. The Bertz CT molecular complexity index is 955. The first kappa shape index (κ1) is 23.6. The van der Waals surface area contributed by atoms with Gasteiger partial charge in [-0.3, -0.25) is 9.69 Å². The Morgan fingerprint density at radius 1 is 1.03 bits per heavy atom. The second kappa shape index (κ2) is 11.1. The number of hydrogen-bond donors (Lipinski definition) is 0. The molecule has 0 bridgehead atoms. The lowest BCUT2D eigenvalue weighted by Crippen LogP contribution is -2.51. The molecule has 2 heterocycles. The van der Waals surface area contributed by atoms with E-state index >= 15 is 0 Å². The van der Waals surface area contributed by atoms with Crippen LogP contribution in [-0.4, -0.2) is 61.2 Å². The number of amides is 1. The molecule has 7 heteroatoms. The number of hydrogen-bond acceptors (Lipinski definition) is 4. The molecule has 0 aliphatic carbocycles. The van der Waals surface area contributed by atoms with E-state index in [0.717, 1.165) is 44.7 Å². The Hall–Kier alpha value is -2.51. The number of rotatable bonds is 3. The van der Waals surface area contributed by atoms with Crippen LogP contribution in [0.2, 0.25) is 0 Å². The van der Waals surface area contributed by atoms with E-state index in [1.807, 2.05) is 29.2 Å². The number of fused-ring (bicyclic) bond motifs is 2. The number of nitrogens with zero attached hydrogens (tertiary/aromatic N) is 2. The fourth-order valence-electron chi connectivity index (χ4n) is 4.96. The molecule has 2 aliphatic heterocycles. The minimum atomic E-state index is -0.441. The van der Waals surface area contributed by atoms with Gasteiger partial charge in [0.05, 0.1) is 17.7 Å². The maximum atomic E-state index is 14.3. The number of methoxy groups -OCH3 is 1. The van der Waals surface area contributed by atoms with E-state index in [9.17, 15) is 13.6 Å². The zero-order valence-electron chi connectivity index (χ0n) is 19.1. The minimum absolute atomic E-state index is 0.0124. The highest BCUT2D eigenvalue weighted by Gasteiger charge is 2.35. The van der Waals surface area contributed by atoms with Gasteiger partial charge >= 0.3 is 0 Å². The molecular weight excluding hydrogens is 426 g/mol. The maximum Gasteiger partial charge on any atom is 0.257 e. The predicted octanol–water partition coefficient (Wildman–Crippen LogP) is 4.65. The molecule has 0 unspecified atom stereocenters. The van der Waals surface area contributed by atoms with Gasteiger partial charge in [-0.25, -0.2) is 8.78 Å². The summed E-state index contributed by atoms with van der Waals surface area (Å²) in [6, 6.07) is 10.9. The lowest BCUT2D eigenvalue weighted by molar-refractivity contribution is -0.0155. The molecule has 178 valence electrons. The summed E-state index contributed by atoms with van der Waals surface area (Å²) in [6.07, 6.45) is 4.51. The van der Waals surface area contributed by atoms with Crippen LogP contribution >= 0.6 is 0 Å². The van der Waals surface area contributed by atoms with Gasteiger partial charge in [0.15, 0.2) is 0 Å². The zero-order chi connectivity index (χ0) is 23.2. The average Bonchev–Trinajstić information content (AvgIpc) is 2.84. The lowest BCUT2D eigenvalue weighted by atomic mass is 9.93. The van der Waals surface area contributed by atoms with E-state index in [-0.39, 0.29) is 18.1 Å². The number of benzene rings is 2. The first-order valence-electron chi connectivity index (χ1n) is 11.8. The third kappa shape index (κ3) is 5.71. The highest BCUT2D eigenvalue weighted by Crippen LogP contribution is 2.29. The van der Waals surface area contributed by atoms with E-state index in [0.29, 0.717) is 43.1 Å². The van der Waals surface area contributed by atoms with Gasteiger partial charge in [0.1, 0.15) is 24.0 Å². The molecule has 2 aliphatic rings. The zero-order valence-corrected chi connectivity index (χ0v) is 19.1. The van der Waals surface area contributed by atoms with Crippen molar-refractivity contribution >= 4 is 5.91 Å². The smallest absolute Gasteiger partial charge is 0.257 e. The summed E-state index contributed by atoms with van der Waals surface area (Å²) in [5, 5.41) is 0. The number of carbonyl (C=O) groups is 1. The first-order valence-corrected chi connectivity index (χ1v) is 11.8. The Labute approximate surface area is 194 Å². The molecule has 0 saturated carbocycles. The van der Waals surface area contributed by atoms with Gasteiger partial charge in [0.2, 0.25) is 0 Å². The van der Waals surface area contributed by atoms with Gasteiger partial charge in [-0.2, -0.15) is 0 Å². The normalized spacial score (nSPS) is 22.9. The molecule has 0 radical (unpaired) electrons. The number of carbonyl (C=O) groups excluding carboxylic acids is 1. The van der Waals surface area contributed by atoms with Crippen molar-refractivity contribution in [1.29, 1.82) is 0 Å². The van der Waals surface area contributed by atoms with Crippen LogP contribution in [-0.2, 0) is 11.3 Å². The Balaban J connectivity index is 1.57. The van der Waals surface area contributed by atoms with Crippen molar-refractivity contribution in [2.75, 3.05) is 33.4 Å². The molecule has 1 saturated heterocycles. The summed E-state index contributed by atoms with van der Waals surface area (Å²) in [5.74, 6) is -0.312. The van der Waals surface area contributed by atoms with Crippen molar-refractivity contribution < 1.29 is 23.0 Å². The van der Waals surface area contributed by atoms with E-state index in [2.05, 4.69) is 4.90 Å². The summed E-state index contributed by atoms with van der Waals surface area (Å²) in [4.78, 5) is 17.6. The van der Waals surface area contributed by atoms with E-state index in [4.69, 9.17) is 9.47 Å². The van der Waals surface area contributed by atoms with Gasteiger partial charge in [0, 0.05) is 32.3 Å². The molecule has 2 atom stereocenters. The summed E-state index contributed by atoms with van der Waals surface area (Å²) >= 11 is 0. The lowest BCUT2D eigenvalue weighted by Gasteiger charge is -2.41. The number of piperidine rings is 1. The second-order valence-corrected chi connectivity index (χ2v) is 8.83. The van der Waals surface area contributed by atoms with E-state index in [1.165, 1.54) is 12.1 Å². The fourth-order valence-corrected chi connectivity index (χ4v) is 4.96. The monoisotopic (exact) mass is 458 g/mol. The van der Waals surface area contributed by atoms with Crippen LogP contribution in [0, 0.1) is 11.6 Å². The summed E-state index contributed by atoms with van der Waals surface area (Å²) in [7, 11) is 1.71. The third-order valence-electron chi connectivity index (χ3n) is 6.69. The van der Waals surface area contributed by atoms with Crippen molar-refractivity contribution in [1.82, 2.24) is 9.80 Å². The second-order valence-electron chi connectivity index (χ2n) is 8.83. The Morgan fingerprint density at radius 2 is 1.88 bits per heavy atom. The molecular formula is C26H32F2N2O3. The molecule has 1 amide bonds. The molecule has 0 spiro atoms. The van der Waals surface area contributed by atoms with Gasteiger partial charge in [-0.15, -0.1) is 0 Å². The topological polar surface area (TPSA) is 42.0 Å². The van der Waals surface area contributed by atoms with Crippen LogP contribution in [0.5, 0.6) is 5.75 Å². The minimum Gasteiger partial charge on any atom is -0.491 e. The predicted molar refractivity (Wildman–Crippen MR) is 122 cm³/mol. The molecule has 1 fully saturated rings. The Morgan fingerprint density at radius 3 is 2.73 bits per heavy atom. The van der Waals surface area contributed by atoms with Gasteiger partial charge < -0.3 is 14.4 Å². The van der Waals surface area contributed by atoms with Gasteiger partial charge in [-0.1, -0.05) is 18.6 Å². The van der Waals surface area contributed by atoms with E-state index in [1.54, 1.807) is 7.11 Å². The number of halogens is 2. The van der Waals surface area contributed by atoms with Crippen LogP contribution in [0.3, 0.4) is 0 Å². The summed E-state index contributed by atoms with van der Waals surface area (Å²) < 4.78 is 39.7. The Kier molecular flexibility index (Phi) is 7.93. The highest BCUT2D eigenvalue weighted by molar-refractivity contribution is 5.97. The van der Waals surface area contributed by atoms with Crippen LogP contribution in [0.25, 0.3) is 0 Å². The molecule has 4 rings (SSSR count). The fraction of sp³-hybridized carbons (Fsp3) is 0.500. The van der Waals surface area contributed by atoms with Crippen molar-refractivity contribution in [2.45, 2.75) is 50.8 Å². The first-order chi connectivity index (χ1) is 16.1. The van der Waals surface area contributed by atoms with Gasteiger partial charge in [0.25, 0.3) is 5.91 Å². The molecule has 33 heavy (non-hydrogen) atoms. The van der Waals surface area contributed by atoms with Gasteiger partial charge in [-0.05, 0) is 62.6 Å². The number of para-hydroxylation sites is 1.